The Morgan fingerprint density at radius 2 is 2.00 bits per heavy atom. The van der Waals surface area contributed by atoms with Crippen molar-refractivity contribution in [2.45, 2.75) is 19.9 Å². The van der Waals surface area contributed by atoms with Crippen molar-refractivity contribution in [3.63, 3.8) is 0 Å². The lowest BCUT2D eigenvalue weighted by Crippen LogP contribution is -2.25. The number of amides is 1. The molecule has 17 heavy (non-hydrogen) atoms. The van der Waals surface area contributed by atoms with Crippen molar-refractivity contribution < 1.29 is 9.18 Å². The molecule has 1 unspecified atom stereocenters. The summed E-state index contributed by atoms with van der Waals surface area (Å²) in [6.45, 7) is 3.33. The Labute approximate surface area is 105 Å². The maximum Gasteiger partial charge on any atom is 0.222 e. The summed E-state index contributed by atoms with van der Waals surface area (Å²) in [6, 6.07) is 6.06. The molecule has 92 valence electrons. The number of aliphatic imine (C=N–C) groups is 1. The van der Waals surface area contributed by atoms with Crippen LogP contribution < -0.4 is 5.32 Å². The molecule has 1 rings (SSSR count). The highest BCUT2D eigenvalue weighted by molar-refractivity contribution is 8.13. The first-order chi connectivity index (χ1) is 8.02. The fourth-order valence-corrected chi connectivity index (χ4v) is 1.79. The lowest BCUT2D eigenvalue weighted by Gasteiger charge is -2.10. The molecule has 1 aromatic rings. The molecule has 0 saturated carbocycles. The number of carbonyl (C=O) groups is 1. The van der Waals surface area contributed by atoms with Crippen LogP contribution in [0.25, 0.3) is 0 Å². The van der Waals surface area contributed by atoms with Gasteiger partial charge in [-0.3, -0.25) is 9.79 Å². The summed E-state index contributed by atoms with van der Waals surface area (Å²) in [4.78, 5) is 15.3. The number of halogens is 1. The monoisotopic (exact) mass is 254 g/mol. The summed E-state index contributed by atoms with van der Waals surface area (Å²) in [5, 5.41) is 3.21. The highest BCUT2D eigenvalue weighted by Crippen LogP contribution is 2.18. The third kappa shape index (κ3) is 4.56. The van der Waals surface area contributed by atoms with Gasteiger partial charge in [0.1, 0.15) is 5.82 Å². The first-order valence-electron chi connectivity index (χ1n) is 5.17. The van der Waals surface area contributed by atoms with E-state index in [1.54, 1.807) is 12.1 Å². The van der Waals surface area contributed by atoms with Gasteiger partial charge in [0.2, 0.25) is 5.91 Å². The molecule has 0 aromatic heterocycles. The molecule has 1 N–H and O–H groups in total. The van der Waals surface area contributed by atoms with Crippen LogP contribution in [0.1, 0.15) is 25.5 Å². The highest BCUT2D eigenvalue weighted by atomic mass is 32.2. The molecule has 5 heteroatoms. The number of nitrogens with one attached hydrogen (secondary N) is 1. The molecular formula is C12H15FN2OS. The second-order valence-electron chi connectivity index (χ2n) is 3.55. The summed E-state index contributed by atoms with van der Waals surface area (Å²) in [6.07, 6.45) is 1.84. The minimum absolute atomic E-state index is 0.120. The Hall–Kier alpha value is -1.36. The van der Waals surface area contributed by atoms with Crippen molar-refractivity contribution in [1.82, 2.24) is 5.32 Å². The number of hydrogen-bond acceptors (Lipinski definition) is 3. The summed E-state index contributed by atoms with van der Waals surface area (Å²) in [5.41, 5.74) is 0.906. The van der Waals surface area contributed by atoms with Gasteiger partial charge >= 0.3 is 0 Å². The third-order valence-electron chi connectivity index (χ3n) is 2.14. The molecule has 0 heterocycles. The van der Waals surface area contributed by atoms with Crippen molar-refractivity contribution in [1.29, 1.82) is 0 Å². The standard InChI is InChI=1S/C12H15FN2OS/c1-8(10-4-6-11(13)7-5-10)14-12(17-3)15-9(2)16/h4-8H,1-3H3,(H,14,15,16). The third-order valence-corrected chi connectivity index (χ3v) is 2.73. The van der Waals surface area contributed by atoms with E-state index >= 15 is 0 Å². The zero-order chi connectivity index (χ0) is 12.8. The van der Waals surface area contributed by atoms with Crippen LogP contribution in [0.5, 0.6) is 0 Å². The van der Waals surface area contributed by atoms with E-state index in [2.05, 4.69) is 10.3 Å². The van der Waals surface area contributed by atoms with Gasteiger partial charge in [-0.25, -0.2) is 4.39 Å². The summed E-state index contributed by atoms with van der Waals surface area (Å²) in [5.74, 6) is -0.415. The van der Waals surface area contributed by atoms with E-state index in [-0.39, 0.29) is 17.8 Å². The predicted octanol–water partition coefficient (Wildman–Crippen LogP) is 2.74. The maximum atomic E-state index is 12.8. The molecule has 0 saturated heterocycles. The average molecular weight is 254 g/mol. The Morgan fingerprint density at radius 3 is 2.47 bits per heavy atom. The molecule has 0 spiro atoms. The molecule has 0 aliphatic heterocycles. The van der Waals surface area contributed by atoms with E-state index in [1.165, 1.54) is 30.8 Å². The fourth-order valence-electron chi connectivity index (χ4n) is 1.28. The van der Waals surface area contributed by atoms with Gasteiger partial charge in [-0.2, -0.15) is 0 Å². The van der Waals surface area contributed by atoms with Crippen LogP contribution >= 0.6 is 11.8 Å². The van der Waals surface area contributed by atoms with Crippen molar-refractivity contribution in [3.05, 3.63) is 35.6 Å². The molecule has 0 aliphatic carbocycles. The molecular weight excluding hydrogens is 239 g/mol. The van der Waals surface area contributed by atoms with E-state index < -0.39 is 0 Å². The molecule has 0 radical (unpaired) electrons. The molecule has 1 atom stereocenters. The van der Waals surface area contributed by atoms with Crippen molar-refractivity contribution >= 4 is 22.8 Å². The van der Waals surface area contributed by atoms with Gasteiger partial charge in [0, 0.05) is 6.92 Å². The summed E-state index contributed by atoms with van der Waals surface area (Å²) < 4.78 is 12.8. The number of thioether (sulfide) groups is 1. The van der Waals surface area contributed by atoms with Crippen molar-refractivity contribution in [2.75, 3.05) is 6.26 Å². The Bertz CT molecular complexity index is 417. The SMILES string of the molecule is CSC(=NC(C)c1ccc(F)cc1)NC(C)=O. The summed E-state index contributed by atoms with van der Waals surface area (Å²) in [7, 11) is 0. The molecule has 0 aliphatic rings. The number of rotatable bonds is 2. The summed E-state index contributed by atoms with van der Waals surface area (Å²) >= 11 is 1.37. The van der Waals surface area contributed by atoms with E-state index in [0.717, 1.165) is 5.56 Å². The van der Waals surface area contributed by atoms with Gasteiger partial charge in [-0.05, 0) is 30.9 Å². The number of nitrogens with zero attached hydrogens (tertiary/aromatic N) is 1. The first kappa shape index (κ1) is 13.7. The zero-order valence-corrected chi connectivity index (χ0v) is 10.8. The van der Waals surface area contributed by atoms with E-state index in [9.17, 15) is 9.18 Å². The van der Waals surface area contributed by atoms with Crippen LogP contribution in [0.2, 0.25) is 0 Å². The molecule has 0 bridgehead atoms. The second kappa shape index (κ2) is 6.39. The number of carbonyl (C=O) groups excluding carboxylic acids is 1. The van der Waals surface area contributed by atoms with Crippen molar-refractivity contribution in [2.24, 2.45) is 4.99 Å². The zero-order valence-electron chi connectivity index (χ0n) is 10.0. The Kier molecular flexibility index (Phi) is 5.15. The highest BCUT2D eigenvalue weighted by Gasteiger charge is 2.06. The van der Waals surface area contributed by atoms with E-state index in [0.29, 0.717) is 5.17 Å². The van der Waals surface area contributed by atoms with Gasteiger partial charge in [-0.15, -0.1) is 0 Å². The van der Waals surface area contributed by atoms with Crippen LogP contribution in [0.3, 0.4) is 0 Å². The Balaban J connectivity index is 2.81. The topological polar surface area (TPSA) is 41.5 Å². The maximum absolute atomic E-state index is 12.8. The normalized spacial score (nSPS) is 13.3. The van der Waals surface area contributed by atoms with Crippen LogP contribution in [0, 0.1) is 5.82 Å². The predicted molar refractivity (Wildman–Crippen MR) is 69.6 cm³/mol. The van der Waals surface area contributed by atoms with Gasteiger partial charge in [0.15, 0.2) is 5.17 Å². The molecule has 3 nitrogen and oxygen atoms in total. The van der Waals surface area contributed by atoms with Gasteiger partial charge in [0.25, 0.3) is 0 Å². The van der Waals surface area contributed by atoms with Gasteiger partial charge in [0.05, 0.1) is 6.04 Å². The Morgan fingerprint density at radius 1 is 1.41 bits per heavy atom. The largest absolute Gasteiger partial charge is 0.306 e. The van der Waals surface area contributed by atoms with Crippen LogP contribution in [0.4, 0.5) is 4.39 Å². The molecule has 1 amide bonds. The van der Waals surface area contributed by atoms with E-state index in [4.69, 9.17) is 0 Å². The van der Waals surface area contributed by atoms with Gasteiger partial charge in [-0.1, -0.05) is 23.9 Å². The lowest BCUT2D eigenvalue weighted by atomic mass is 10.1. The first-order valence-corrected chi connectivity index (χ1v) is 6.40. The van der Waals surface area contributed by atoms with Crippen LogP contribution in [-0.2, 0) is 4.79 Å². The van der Waals surface area contributed by atoms with Gasteiger partial charge < -0.3 is 5.32 Å². The minimum Gasteiger partial charge on any atom is -0.306 e. The van der Waals surface area contributed by atoms with E-state index in [1.807, 2.05) is 13.2 Å². The van der Waals surface area contributed by atoms with Crippen LogP contribution in [-0.4, -0.2) is 17.3 Å². The number of hydrogen-bond donors (Lipinski definition) is 1. The number of benzene rings is 1. The number of amidine groups is 1. The molecule has 1 aromatic carbocycles. The lowest BCUT2D eigenvalue weighted by molar-refractivity contribution is -0.117. The quantitative estimate of drug-likeness (QED) is 0.651. The average Bonchev–Trinajstić information content (AvgIpc) is 2.28. The second-order valence-corrected chi connectivity index (χ2v) is 4.34. The van der Waals surface area contributed by atoms with Crippen LogP contribution in [0.15, 0.2) is 29.3 Å². The fraction of sp³-hybridized carbons (Fsp3) is 0.333. The van der Waals surface area contributed by atoms with Crippen molar-refractivity contribution in [3.8, 4) is 0 Å². The minimum atomic E-state index is -0.267. The molecule has 0 fully saturated rings. The smallest absolute Gasteiger partial charge is 0.222 e.